The smallest absolute Gasteiger partial charge is 0.343 e. The molecule has 0 aliphatic rings. The van der Waals surface area contributed by atoms with Gasteiger partial charge in [0, 0.05) is 17.8 Å². The van der Waals surface area contributed by atoms with Gasteiger partial charge in [-0.2, -0.15) is 5.10 Å². The van der Waals surface area contributed by atoms with Crippen molar-refractivity contribution in [2.45, 2.75) is 40.3 Å². The second kappa shape index (κ2) is 9.79. The van der Waals surface area contributed by atoms with Crippen LogP contribution >= 0.6 is 11.6 Å². The minimum atomic E-state index is -1.01. The molecule has 1 aromatic heterocycles. The van der Waals surface area contributed by atoms with Crippen LogP contribution < -0.4 is 5.32 Å². The van der Waals surface area contributed by atoms with Crippen molar-refractivity contribution < 1.29 is 14.3 Å². The molecule has 0 saturated carbocycles. The Kier molecular flexibility index (Phi) is 7.13. The topological polar surface area (TPSA) is 73.2 Å². The Morgan fingerprint density at radius 2 is 1.71 bits per heavy atom. The zero-order valence-electron chi connectivity index (χ0n) is 18.1. The Hall–Kier alpha value is -3.12. The molecule has 0 aliphatic heterocycles. The molecule has 3 aromatic rings. The van der Waals surface area contributed by atoms with Gasteiger partial charge in [-0.15, -0.1) is 0 Å². The van der Waals surface area contributed by atoms with Crippen LogP contribution in [0.1, 0.15) is 36.8 Å². The summed E-state index contributed by atoms with van der Waals surface area (Å²) in [5.41, 5.74) is 3.15. The summed E-state index contributed by atoms with van der Waals surface area (Å²) in [5, 5.41) is 7.40. The van der Waals surface area contributed by atoms with Gasteiger partial charge in [-0.3, -0.25) is 9.48 Å². The molecule has 2 aromatic carbocycles. The molecule has 0 bridgehead atoms. The molecule has 7 heteroatoms. The first-order valence-electron chi connectivity index (χ1n) is 10.2. The number of nitrogens with zero attached hydrogens (tertiary/aromatic N) is 2. The third-order valence-corrected chi connectivity index (χ3v) is 5.11. The average molecular weight is 440 g/mol. The van der Waals surface area contributed by atoms with Crippen LogP contribution in [-0.2, 0) is 16.1 Å². The molecule has 0 saturated heterocycles. The quantitative estimate of drug-likeness (QED) is 0.503. The number of carbonyl (C=O) groups excluding carboxylic acids is 2. The molecule has 1 unspecified atom stereocenters. The molecule has 6 nitrogen and oxygen atoms in total. The first kappa shape index (κ1) is 22.6. The highest BCUT2D eigenvalue weighted by atomic mass is 35.5. The van der Waals surface area contributed by atoms with Crippen molar-refractivity contribution in [3.63, 3.8) is 0 Å². The van der Waals surface area contributed by atoms with Crippen molar-refractivity contribution in [3.8, 4) is 11.1 Å². The number of halogens is 1. The third kappa shape index (κ3) is 5.33. The fraction of sp³-hybridized carbons (Fsp3) is 0.292. The van der Waals surface area contributed by atoms with E-state index in [1.54, 1.807) is 11.6 Å². The number of esters is 1. The molecule has 0 aliphatic carbocycles. The van der Waals surface area contributed by atoms with Crippen LogP contribution in [0.15, 0.2) is 54.6 Å². The fourth-order valence-electron chi connectivity index (χ4n) is 3.22. The number of carbonyl (C=O) groups is 2. The van der Waals surface area contributed by atoms with Crippen molar-refractivity contribution >= 4 is 29.2 Å². The summed E-state index contributed by atoms with van der Waals surface area (Å²) in [4.78, 5) is 25.4. The van der Waals surface area contributed by atoms with E-state index >= 15 is 0 Å². The zero-order chi connectivity index (χ0) is 22.5. The van der Waals surface area contributed by atoms with Gasteiger partial charge < -0.3 is 10.1 Å². The lowest BCUT2D eigenvalue weighted by Gasteiger charge is -2.16. The van der Waals surface area contributed by atoms with Crippen LogP contribution in [0.2, 0.25) is 5.15 Å². The Balaban J connectivity index is 1.73. The van der Waals surface area contributed by atoms with Crippen LogP contribution in [0.3, 0.4) is 0 Å². The molecule has 0 radical (unpaired) electrons. The number of para-hydroxylation sites is 1. The fourth-order valence-corrected chi connectivity index (χ4v) is 3.54. The lowest BCUT2D eigenvalue weighted by atomic mass is 10.0. The van der Waals surface area contributed by atoms with Crippen LogP contribution in [0, 0.1) is 12.8 Å². The maximum atomic E-state index is 12.7. The summed E-state index contributed by atoms with van der Waals surface area (Å²) in [6.07, 6.45) is -1.01. The van der Waals surface area contributed by atoms with Gasteiger partial charge in [-0.05, 0) is 31.4 Å². The first-order chi connectivity index (χ1) is 14.8. The van der Waals surface area contributed by atoms with Gasteiger partial charge in [0.05, 0.1) is 5.69 Å². The number of rotatable bonds is 7. The van der Waals surface area contributed by atoms with E-state index in [0.717, 1.165) is 11.1 Å². The van der Waals surface area contributed by atoms with Crippen molar-refractivity contribution in [1.29, 1.82) is 0 Å². The molecule has 1 N–H and O–H groups in total. The van der Waals surface area contributed by atoms with Gasteiger partial charge in [0.1, 0.15) is 10.7 Å². The molecule has 1 atom stereocenters. The van der Waals surface area contributed by atoms with Gasteiger partial charge >= 0.3 is 5.97 Å². The average Bonchev–Trinajstić information content (AvgIpc) is 3.01. The van der Waals surface area contributed by atoms with Gasteiger partial charge in [0.2, 0.25) is 0 Å². The molecule has 31 heavy (non-hydrogen) atoms. The summed E-state index contributed by atoms with van der Waals surface area (Å²) >= 11 is 6.35. The Bertz CT molecular complexity index is 1080. The molecule has 1 amide bonds. The largest absolute Gasteiger partial charge is 0.449 e. The summed E-state index contributed by atoms with van der Waals surface area (Å²) in [6.45, 7) is 7.87. The number of aromatic nitrogens is 2. The number of aryl methyl sites for hydroxylation is 1. The van der Waals surface area contributed by atoms with Crippen LogP contribution in [0.25, 0.3) is 11.1 Å². The summed E-state index contributed by atoms with van der Waals surface area (Å²) in [6, 6.07) is 17.2. The maximum absolute atomic E-state index is 12.7. The lowest BCUT2D eigenvalue weighted by Crippen LogP contribution is -2.30. The minimum Gasteiger partial charge on any atom is -0.449 e. The second-order valence-electron chi connectivity index (χ2n) is 7.78. The van der Waals surface area contributed by atoms with E-state index in [-0.39, 0.29) is 10.7 Å². The standard InChI is InChI=1S/C24H26ClN3O3/c1-15(2)14-28-22(25)21(16(3)27-28)24(30)31-17(4)23(29)26-20-13-9-8-12-19(20)18-10-6-5-7-11-18/h5-13,15,17H,14H2,1-4H3,(H,26,29). The van der Waals surface area contributed by atoms with Gasteiger partial charge in [0.15, 0.2) is 6.10 Å². The third-order valence-electron chi connectivity index (χ3n) is 4.73. The van der Waals surface area contributed by atoms with E-state index in [1.165, 1.54) is 6.92 Å². The van der Waals surface area contributed by atoms with Gasteiger partial charge in [-0.1, -0.05) is 74.0 Å². The van der Waals surface area contributed by atoms with E-state index in [4.69, 9.17) is 16.3 Å². The van der Waals surface area contributed by atoms with Gasteiger partial charge in [-0.25, -0.2) is 4.79 Å². The number of anilines is 1. The Labute approximate surface area is 187 Å². The SMILES string of the molecule is Cc1nn(CC(C)C)c(Cl)c1C(=O)OC(C)C(=O)Nc1ccccc1-c1ccccc1. The number of ether oxygens (including phenoxy) is 1. The molecule has 3 rings (SSSR count). The number of hydrogen-bond donors (Lipinski definition) is 1. The van der Waals surface area contributed by atoms with Crippen molar-refractivity contribution in [3.05, 3.63) is 71.0 Å². The molecule has 162 valence electrons. The lowest BCUT2D eigenvalue weighted by molar-refractivity contribution is -0.123. The van der Waals surface area contributed by atoms with Crippen LogP contribution in [0.5, 0.6) is 0 Å². The first-order valence-corrected chi connectivity index (χ1v) is 10.5. The van der Waals surface area contributed by atoms with Crippen LogP contribution in [0.4, 0.5) is 5.69 Å². The highest BCUT2D eigenvalue weighted by Crippen LogP contribution is 2.28. The molecular formula is C24H26ClN3O3. The van der Waals surface area contributed by atoms with E-state index in [0.29, 0.717) is 23.8 Å². The highest BCUT2D eigenvalue weighted by Gasteiger charge is 2.26. The maximum Gasteiger partial charge on any atom is 0.343 e. The molecule has 0 fully saturated rings. The van der Waals surface area contributed by atoms with Crippen LogP contribution in [-0.4, -0.2) is 27.8 Å². The number of hydrogen-bond acceptors (Lipinski definition) is 4. The molecular weight excluding hydrogens is 414 g/mol. The molecule has 1 heterocycles. The number of nitrogens with one attached hydrogen (secondary N) is 1. The van der Waals surface area contributed by atoms with Gasteiger partial charge in [0.25, 0.3) is 5.91 Å². The van der Waals surface area contributed by atoms with E-state index in [2.05, 4.69) is 10.4 Å². The minimum absolute atomic E-state index is 0.187. The van der Waals surface area contributed by atoms with Crippen molar-refractivity contribution in [1.82, 2.24) is 9.78 Å². The van der Waals surface area contributed by atoms with Crippen molar-refractivity contribution in [2.24, 2.45) is 5.92 Å². The number of benzene rings is 2. The normalized spacial score (nSPS) is 11.9. The predicted octanol–water partition coefficient (Wildman–Crippen LogP) is 5.35. The summed E-state index contributed by atoms with van der Waals surface area (Å²) < 4.78 is 6.99. The Morgan fingerprint density at radius 1 is 1.06 bits per heavy atom. The summed E-state index contributed by atoms with van der Waals surface area (Å²) in [5.74, 6) is -0.786. The van der Waals surface area contributed by atoms with E-state index in [9.17, 15) is 9.59 Å². The predicted molar refractivity (Wildman–Crippen MR) is 122 cm³/mol. The zero-order valence-corrected chi connectivity index (χ0v) is 18.8. The van der Waals surface area contributed by atoms with E-state index < -0.39 is 18.0 Å². The monoisotopic (exact) mass is 439 g/mol. The number of amides is 1. The molecule has 0 spiro atoms. The summed E-state index contributed by atoms with van der Waals surface area (Å²) in [7, 11) is 0. The Morgan fingerprint density at radius 3 is 2.39 bits per heavy atom. The van der Waals surface area contributed by atoms with E-state index in [1.807, 2.05) is 68.4 Å². The highest BCUT2D eigenvalue weighted by molar-refractivity contribution is 6.32. The van der Waals surface area contributed by atoms with Crippen molar-refractivity contribution in [2.75, 3.05) is 5.32 Å². The second-order valence-corrected chi connectivity index (χ2v) is 8.13.